The van der Waals surface area contributed by atoms with Crippen LogP contribution in [-0.4, -0.2) is 26.9 Å². The molecular formula is C13H22O3. The molecule has 0 N–H and O–H groups in total. The fourth-order valence-corrected chi connectivity index (χ4v) is 1.20. The molecule has 0 saturated heterocycles. The van der Waals surface area contributed by atoms with Crippen LogP contribution in [-0.2, 0) is 4.74 Å². The average Bonchev–Trinajstić information content (AvgIpc) is 2.32. The van der Waals surface area contributed by atoms with Crippen molar-refractivity contribution in [3.05, 3.63) is 24.3 Å². The molecule has 0 aliphatic rings. The van der Waals surface area contributed by atoms with Gasteiger partial charge in [0.25, 0.3) is 0 Å². The fourth-order valence-electron chi connectivity index (χ4n) is 1.20. The molecule has 0 bridgehead atoms. The van der Waals surface area contributed by atoms with Gasteiger partial charge in [0.15, 0.2) is 11.5 Å². The summed E-state index contributed by atoms with van der Waals surface area (Å²) in [6, 6.07) is 7.57. The van der Waals surface area contributed by atoms with Crippen LogP contribution in [0.4, 0.5) is 0 Å². The van der Waals surface area contributed by atoms with E-state index in [0.717, 1.165) is 11.5 Å². The molecule has 92 valence electrons. The summed E-state index contributed by atoms with van der Waals surface area (Å²) in [6.07, 6.45) is 0.0244. The Morgan fingerprint density at radius 1 is 1.06 bits per heavy atom. The van der Waals surface area contributed by atoms with Gasteiger partial charge in [0.05, 0.1) is 13.7 Å². The van der Waals surface area contributed by atoms with Crippen LogP contribution < -0.4 is 9.47 Å². The van der Waals surface area contributed by atoms with E-state index in [2.05, 4.69) is 0 Å². The predicted octanol–water partition coefficient (Wildman–Crippen LogP) is 3.14. The van der Waals surface area contributed by atoms with Crippen molar-refractivity contribution in [3.8, 4) is 11.5 Å². The Kier molecular flexibility index (Phi) is 8.35. The monoisotopic (exact) mass is 226 g/mol. The van der Waals surface area contributed by atoms with Gasteiger partial charge in [0, 0.05) is 7.11 Å². The van der Waals surface area contributed by atoms with Gasteiger partial charge in [-0.3, -0.25) is 0 Å². The van der Waals surface area contributed by atoms with Gasteiger partial charge < -0.3 is 14.2 Å². The lowest BCUT2D eigenvalue weighted by Crippen LogP contribution is -2.18. The second-order valence-electron chi connectivity index (χ2n) is 3.03. The number of hydrogen-bond acceptors (Lipinski definition) is 3. The van der Waals surface area contributed by atoms with Crippen LogP contribution in [0.1, 0.15) is 20.8 Å². The second-order valence-corrected chi connectivity index (χ2v) is 3.03. The topological polar surface area (TPSA) is 27.7 Å². The van der Waals surface area contributed by atoms with Gasteiger partial charge in [0.2, 0.25) is 0 Å². The first-order chi connectivity index (χ1) is 7.77. The van der Waals surface area contributed by atoms with Crippen LogP contribution in [0, 0.1) is 0 Å². The van der Waals surface area contributed by atoms with E-state index in [4.69, 9.17) is 14.2 Å². The molecule has 1 unspecified atom stereocenters. The van der Waals surface area contributed by atoms with Crippen LogP contribution in [0.25, 0.3) is 0 Å². The second kappa shape index (κ2) is 9.04. The molecule has 0 amide bonds. The maximum absolute atomic E-state index is 5.63. The van der Waals surface area contributed by atoms with E-state index in [9.17, 15) is 0 Å². The zero-order valence-electron chi connectivity index (χ0n) is 10.8. The number of rotatable bonds is 5. The summed E-state index contributed by atoms with van der Waals surface area (Å²) in [5, 5.41) is 0. The highest BCUT2D eigenvalue weighted by Gasteiger charge is 2.07. The van der Waals surface area contributed by atoms with E-state index < -0.39 is 0 Å². The minimum atomic E-state index is 0.0244. The first-order valence-electron chi connectivity index (χ1n) is 5.56. The molecule has 1 atom stereocenters. The summed E-state index contributed by atoms with van der Waals surface area (Å²) in [6.45, 7) is 6.52. The highest BCUT2D eigenvalue weighted by molar-refractivity contribution is 5.39. The van der Waals surface area contributed by atoms with Crippen molar-refractivity contribution in [2.45, 2.75) is 26.9 Å². The lowest BCUT2D eigenvalue weighted by molar-refractivity contribution is 0.0900. The molecule has 1 aromatic rings. The number of para-hydroxylation sites is 2. The highest BCUT2D eigenvalue weighted by Crippen LogP contribution is 2.26. The number of ether oxygens (including phenoxy) is 3. The van der Waals surface area contributed by atoms with Crippen molar-refractivity contribution in [3.63, 3.8) is 0 Å². The molecule has 0 aliphatic carbocycles. The SMILES string of the molecule is CC.COCC(C)Oc1ccccc1OC. The molecule has 1 aromatic carbocycles. The number of benzene rings is 1. The Bertz CT molecular complexity index is 274. The Labute approximate surface area is 98.3 Å². The van der Waals surface area contributed by atoms with E-state index >= 15 is 0 Å². The largest absolute Gasteiger partial charge is 0.493 e. The number of methoxy groups -OCH3 is 2. The minimum Gasteiger partial charge on any atom is -0.493 e. The Morgan fingerprint density at radius 2 is 1.62 bits per heavy atom. The normalized spacial score (nSPS) is 11.1. The summed E-state index contributed by atoms with van der Waals surface area (Å²) in [7, 11) is 3.28. The van der Waals surface area contributed by atoms with Crippen LogP contribution in [0.5, 0.6) is 11.5 Å². The van der Waals surface area contributed by atoms with Crippen LogP contribution in [0.2, 0.25) is 0 Å². The van der Waals surface area contributed by atoms with Crippen molar-refractivity contribution in [1.82, 2.24) is 0 Å². The Morgan fingerprint density at radius 3 is 2.12 bits per heavy atom. The van der Waals surface area contributed by atoms with Gasteiger partial charge in [-0.15, -0.1) is 0 Å². The summed E-state index contributed by atoms with van der Waals surface area (Å²) in [5.41, 5.74) is 0. The highest BCUT2D eigenvalue weighted by atomic mass is 16.5. The van der Waals surface area contributed by atoms with Gasteiger partial charge in [-0.2, -0.15) is 0 Å². The molecular weight excluding hydrogens is 204 g/mol. The molecule has 0 radical (unpaired) electrons. The van der Waals surface area contributed by atoms with Crippen molar-refractivity contribution in [2.24, 2.45) is 0 Å². The summed E-state index contributed by atoms with van der Waals surface area (Å²) in [4.78, 5) is 0. The molecule has 3 heteroatoms. The molecule has 1 rings (SSSR count). The van der Waals surface area contributed by atoms with Crippen molar-refractivity contribution in [1.29, 1.82) is 0 Å². The molecule has 0 fully saturated rings. The molecule has 0 aromatic heterocycles. The van der Waals surface area contributed by atoms with E-state index in [1.54, 1.807) is 14.2 Å². The van der Waals surface area contributed by atoms with Crippen LogP contribution >= 0.6 is 0 Å². The lowest BCUT2D eigenvalue weighted by atomic mass is 10.3. The smallest absolute Gasteiger partial charge is 0.161 e. The van der Waals surface area contributed by atoms with E-state index in [0.29, 0.717) is 6.61 Å². The third kappa shape index (κ3) is 5.03. The van der Waals surface area contributed by atoms with Crippen molar-refractivity contribution < 1.29 is 14.2 Å². The Hall–Kier alpha value is -1.22. The third-order valence-corrected chi connectivity index (χ3v) is 1.80. The van der Waals surface area contributed by atoms with Crippen molar-refractivity contribution in [2.75, 3.05) is 20.8 Å². The number of hydrogen-bond donors (Lipinski definition) is 0. The first-order valence-corrected chi connectivity index (χ1v) is 5.56. The Balaban J connectivity index is 0.00000106. The zero-order chi connectivity index (χ0) is 12.4. The van der Waals surface area contributed by atoms with E-state index in [-0.39, 0.29) is 6.10 Å². The lowest BCUT2D eigenvalue weighted by Gasteiger charge is -2.15. The average molecular weight is 226 g/mol. The van der Waals surface area contributed by atoms with E-state index in [1.807, 2.05) is 45.0 Å². The summed E-state index contributed by atoms with van der Waals surface area (Å²) < 4.78 is 15.8. The summed E-state index contributed by atoms with van der Waals surface area (Å²) >= 11 is 0. The van der Waals surface area contributed by atoms with Gasteiger partial charge in [0.1, 0.15) is 6.10 Å². The quantitative estimate of drug-likeness (QED) is 0.772. The van der Waals surface area contributed by atoms with E-state index in [1.165, 1.54) is 0 Å². The minimum absolute atomic E-state index is 0.0244. The van der Waals surface area contributed by atoms with Crippen LogP contribution in [0.3, 0.4) is 0 Å². The van der Waals surface area contributed by atoms with Gasteiger partial charge in [-0.25, -0.2) is 0 Å². The van der Waals surface area contributed by atoms with Gasteiger partial charge in [-0.1, -0.05) is 26.0 Å². The first kappa shape index (κ1) is 14.8. The fraction of sp³-hybridized carbons (Fsp3) is 0.538. The maximum Gasteiger partial charge on any atom is 0.161 e. The van der Waals surface area contributed by atoms with Crippen molar-refractivity contribution >= 4 is 0 Å². The molecule has 3 nitrogen and oxygen atoms in total. The molecule has 0 saturated carbocycles. The maximum atomic E-state index is 5.63. The van der Waals surface area contributed by atoms with Crippen LogP contribution in [0.15, 0.2) is 24.3 Å². The predicted molar refractivity (Wildman–Crippen MR) is 66.3 cm³/mol. The summed E-state index contributed by atoms with van der Waals surface area (Å²) in [5.74, 6) is 1.50. The molecule has 0 spiro atoms. The standard InChI is InChI=1S/C11H16O3.C2H6/c1-9(8-12-2)14-11-7-5-4-6-10(11)13-3;1-2/h4-7,9H,8H2,1-3H3;1-2H3. The molecule has 16 heavy (non-hydrogen) atoms. The van der Waals surface area contributed by atoms with Gasteiger partial charge >= 0.3 is 0 Å². The molecule has 0 aliphatic heterocycles. The third-order valence-electron chi connectivity index (χ3n) is 1.80. The zero-order valence-corrected chi connectivity index (χ0v) is 10.8. The van der Waals surface area contributed by atoms with Gasteiger partial charge in [-0.05, 0) is 19.1 Å². The molecule has 0 heterocycles.